The topological polar surface area (TPSA) is 159 Å². The molecule has 1 fully saturated rings. The standard InChI is InChI=1S/C30H28N4O6/c31-29(39)30(40,21-9-5-2-6-10-21)25(19-7-3-1-4-8-19)27(37)32-16-18-11-12-22-20(15-18)17-34(28(22)38)23-13-14-24(35)33-26(23)36/h1-12,15,23,25,40H,13-14,16-17H2,(H2,31,39)(H,32,37)(H,33,35,36)/t23?,25-,30?/m1/s1. The molecule has 0 spiro atoms. The summed E-state index contributed by atoms with van der Waals surface area (Å²) in [5.74, 6) is -4.15. The zero-order chi connectivity index (χ0) is 28.4. The second kappa shape index (κ2) is 10.7. The number of rotatable bonds is 8. The maximum atomic E-state index is 13.6. The summed E-state index contributed by atoms with van der Waals surface area (Å²) in [5.41, 5.74) is 5.80. The van der Waals surface area contributed by atoms with Crippen molar-refractivity contribution < 1.29 is 29.1 Å². The van der Waals surface area contributed by atoms with Crippen molar-refractivity contribution in [3.8, 4) is 0 Å². The predicted molar refractivity (Wildman–Crippen MR) is 143 cm³/mol. The van der Waals surface area contributed by atoms with Crippen LogP contribution >= 0.6 is 0 Å². The number of nitrogens with two attached hydrogens (primary N) is 1. The zero-order valence-corrected chi connectivity index (χ0v) is 21.5. The van der Waals surface area contributed by atoms with Crippen LogP contribution in [0.15, 0.2) is 78.9 Å². The third-order valence-electron chi connectivity index (χ3n) is 7.46. The van der Waals surface area contributed by atoms with E-state index in [1.807, 2.05) is 0 Å². The van der Waals surface area contributed by atoms with Crippen molar-refractivity contribution in [2.24, 2.45) is 5.73 Å². The van der Waals surface area contributed by atoms with Gasteiger partial charge in [-0.15, -0.1) is 0 Å². The van der Waals surface area contributed by atoms with Crippen LogP contribution in [-0.2, 0) is 37.9 Å². The first kappa shape index (κ1) is 26.8. The molecule has 3 atom stereocenters. The molecule has 5 rings (SSSR count). The fourth-order valence-corrected chi connectivity index (χ4v) is 5.40. The van der Waals surface area contributed by atoms with Crippen molar-refractivity contribution in [3.63, 3.8) is 0 Å². The van der Waals surface area contributed by atoms with Crippen molar-refractivity contribution in [3.05, 3.63) is 107 Å². The number of hydrogen-bond acceptors (Lipinski definition) is 6. The van der Waals surface area contributed by atoms with Crippen molar-refractivity contribution in [2.75, 3.05) is 0 Å². The van der Waals surface area contributed by atoms with Gasteiger partial charge in [-0.2, -0.15) is 0 Å². The van der Waals surface area contributed by atoms with E-state index in [2.05, 4.69) is 10.6 Å². The largest absolute Gasteiger partial charge is 0.374 e. The van der Waals surface area contributed by atoms with Crippen LogP contribution in [0.2, 0.25) is 0 Å². The van der Waals surface area contributed by atoms with E-state index in [1.54, 1.807) is 78.9 Å². The van der Waals surface area contributed by atoms with Gasteiger partial charge in [0.2, 0.25) is 17.7 Å². The lowest BCUT2D eigenvalue weighted by Crippen LogP contribution is -2.52. The quantitative estimate of drug-likeness (QED) is 0.315. The molecule has 0 aromatic heterocycles. The van der Waals surface area contributed by atoms with Crippen LogP contribution in [0.5, 0.6) is 0 Å². The third kappa shape index (κ3) is 4.85. The number of imide groups is 1. The number of carbonyl (C=O) groups is 5. The number of nitrogens with one attached hydrogen (secondary N) is 2. The maximum Gasteiger partial charge on any atom is 0.255 e. The van der Waals surface area contributed by atoms with Crippen LogP contribution in [0.1, 0.15) is 51.4 Å². The highest BCUT2D eigenvalue weighted by molar-refractivity contribution is 6.05. The third-order valence-corrected chi connectivity index (χ3v) is 7.46. The first-order chi connectivity index (χ1) is 19.2. The summed E-state index contributed by atoms with van der Waals surface area (Å²) in [6, 6.07) is 20.9. The molecule has 2 unspecified atom stereocenters. The van der Waals surface area contributed by atoms with E-state index in [1.165, 1.54) is 4.90 Å². The smallest absolute Gasteiger partial charge is 0.255 e. The predicted octanol–water partition coefficient (Wildman–Crippen LogP) is 1.22. The summed E-state index contributed by atoms with van der Waals surface area (Å²) in [5, 5.41) is 16.7. The number of nitrogens with zero attached hydrogens (tertiary/aromatic N) is 1. The second-order valence-corrected chi connectivity index (χ2v) is 9.95. The van der Waals surface area contributed by atoms with E-state index in [9.17, 15) is 29.1 Å². The molecule has 204 valence electrons. The van der Waals surface area contributed by atoms with Crippen LogP contribution in [0, 0.1) is 0 Å². The molecule has 0 radical (unpaired) electrons. The van der Waals surface area contributed by atoms with Crippen LogP contribution in [0.4, 0.5) is 0 Å². The van der Waals surface area contributed by atoms with Crippen LogP contribution in [0.25, 0.3) is 0 Å². The SMILES string of the molecule is NC(=O)C(O)(c1ccccc1)[C@@H](C(=O)NCc1ccc2c(c1)CN(C1CCC(=O)NC1=O)C2=O)c1ccccc1. The molecular formula is C30H28N4O6. The van der Waals surface area contributed by atoms with Crippen molar-refractivity contribution in [1.29, 1.82) is 0 Å². The molecule has 1 saturated heterocycles. The summed E-state index contributed by atoms with van der Waals surface area (Å²) < 4.78 is 0. The highest BCUT2D eigenvalue weighted by Gasteiger charge is 2.49. The molecule has 2 aliphatic rings. The van der Waals surface area contributed by atoms with Gasteiger partial charge < -0.3 is 21.1 Å². The van der Waals surface area contributed by atoms with Gasteiger partial charge in [0.15, 0.2) is 5.60 Å². The number of hydrogen-bond donors (Lipinski definition) is 4. The first-order valence-corrected chi connectivity index (χ1v) is 12.9. The van der Waals surface area contributed by atoms with Crippen molar-refractivity contribution >= 4 is 29.5 Å². The number of carbonyl (C=O) groups excluding carboxylic acids is 5. The number of fused-ring (bicyclic) bond motifs is 1. The van der Waals surface area contributed by atoms with Crippen LogP contribution in [-0.4, -0.2) is 45.6 Å². The fourth-order valence-electron chi connectivity index (χ4n) is 5.40. The summed E-state index contributed by atoms with van der Waals surface area (Å²) >= 11 is 0. The second-order valence-electron chi connectivity index (χ2n) is 9.95. The van der Waals surface area contributed by atoms with E-state index < -0.39 is 35.3 Å². The molecule has 3 aromatic carbocycles. The maximum absolute atomic E-state index is 13.6. The lowest BCUT2D eigenvalue weighted by atomic mass is 9.76. The van der Waals surface area contributed by atoms with Crippen molar-refractivity contribution in [2.45, 2.75) is 43.5 Å². The molecule has 10 nitrogen and oxygen atoms in total. The Bertz CT molecular complexity index is 1490. The highest BCUT2D eigenvalue weighted by Crippen LogP contribution is 2.37. The molecule has 2 heterocycles. The van der Waals surface area contributed by atoms with Gasteiger partial charge in [0.05, 0.1) is 0 Å². The minimum absolute atomic E-state index is 0.0473. The average molecular weight is 541 g/mol. The zero-order valence-electron chi connectivity index (χ0n) is 21.5. The van der Waals surface area contributed by atoms with Gasteiger partial charge in [-0.1, -0.05) is 72.8 Å². The number of amides is 5. The molecule has 2 aliphatic heterocycles. The molecule has 0 bridgehead atoms. The normalized spacial score (nSPS) is 18.9. The average Bonchev–Trinajstić information content (AvgIpc) is 3.28. The minimum Gasteiger partial charge on any atom is -0.374 e. The Morgan fingerprint density at radius 3 is 2.35 bits per heavy atom. The summed E-state index contributed by atoms with van der Waals surface area (Å²) in [6.45, 7) is 0.246. The number of benzene rings is 3. The molecule has 40 heavy (non-hydrogen) atoms. The van der Waals surface area contributed by atoms with Crippen molar-refractivity contribution in [1.82, 2.24) is 15.5 Å². The van der Waals surface area contributed by atoms with Gasteiger partial charge >= 0.3 is 0 Å². The number of piperidine rings is 1. The molecule has 0 saturated carbocycles. The lowest BCUT2D eigenvalue weighted by Gasteiger charge is -2.33. The van der Waals surface area contributed by atoms with E-state index in [4.69, 9.17) is 5.73 Å². The Morgan fingerprint density at radius 2 is 1.70 bits per heavy atom. The minimum atomic E-state index is -2.32. The molecule has 5 amide bonds. The summed E-state index contributed by atoms with van der Waals surface area (Å²) in [7, 11) is 0. The summed E-state index contributed by atoms with van der Waals surface area (Å²) in [4.78, 5) is 64.6. The Hall–Kier alpha value is -4.83. The number of aliphatic hydroxyl groups is 1. The molecule has 0 aliphatic carbocycles. The van der Waals surface area contributed by atoms with Crippen LogP contribution in [0.3, 0.4) is 0 Å². The highest BCUT2D eigenvalue weighted by atomic mass is 16.3. The Balaban J connectivity index is 1.37. The Labute approximate surface area is 230 Å². The molecule has 10 heteroatoms. The van der Waals surface area contributed by atoms with Gasteiger partial charge in [-0.25, -0.2) is 0 Å². The molecule has 3 aromatic rings. The van der Waals surface area contributed by atoms with Gasteiger partial charge in [0.25, 0.3) is 11.8 Å². The van der Waals surface area contributed by atoms with Crippen LogP contribution < -0.4 is 16.4 Å². The van der Waals surface area contributed by atoms with E-state index in [0.29, 0.717) is 22.3 Å². The van der Waals surface area contributed by atoms with Gasteiger partial charge in [-0.3, -0.25) is 29.3 Å². The molecule has 5 N–H and O–H groups in total. The Kier molecular flexibility index (Phi) is 7.19. The van der Waals surface area contributed by atoms with Gasteiger partial charge in [-0.05, 0) is 34.7 Å². The lowest BCUT2D eigenvalue weighted by molar-refractivity contribution is -0.147. The summed E-state index contributed by atoms with van der Waals surface area (Å²) in [6.07, 6.45) is 0.426. The molecular weight excluding hydrogens is 512 g/mol. The Morgan fingerprint density at radius 1 is 1.02 bits per heavy atom. The number of primary amides is 1. The van der Waals surface area contributed by atoms with E-state index >= 15 is 0 Å². The van der Waals surface area contributed by atoms with Gasteiger partial charge in [0.1, 0.15) is 12.0 Å². The fraction of sp³-hybridized carbons (Fsp3) is 0.233. The monoisotopic (exact) mass is 540 g/mol. The van der Waals surface area contributed by atoms with Gasteiger partial charge in [0, 0.05) is 25.1 Å². The van der Waals surface area contributed by atoms with E-state index in [-0.39, 0.29) is 43.3 Å². The first-order valence-electron chi connectivity index (χ1n) is 12.9. The van der Waals surface area contributed by atoms with E-state index in [0.717, 1.165) is 0 Å².